The minimum atomic E-state index is -1.49. The van der Waals surface area contributed by atoms with Gasteiger partial charge in [-0.15, -0.1) is 0 Å². The van der Waals surface area contributed by atoms with E-state index in [1.165, 1.54) is 42.0 Å². The summed E-state index contributed by atoms with van der Waals surface area (Å²) in [6.45, 7) is 8.61. The lowest BCUT2D eigenvalue weighted by atomic mass is 9.97. The van der Waals surface area contributed by atoms with Gasteiger partial charge in [0.1, 0.15) is 29.0 Å². The number of benzene rings is 3. The lowest BCUT2D eigenvalue weighted by Crippen LogP contribution is -2.51. The highest BCUT2D eigenvalue weighted by Gasteiger charge is 2.30. The topological polar surface area (TPSA) is 138 Å². The van der Waals surface area contributed by atoms with E-state index >= 15 is 0 Å². The molecule has 0 bridgehead atoms. The van der Waals surface area contributed by atoms with Gasteiger partial charge in [-0.05, 0) is 99.7 Å². The van der Waals surface area contributed by atoms with E-state index < -0.39 is 47.4 Å². The Hall–Kier alpha value is -4.91. The van der Waals surface area contributed by atoms with Crippen LogP contribution in [0.4, 0.5) is 13.6 Å². The third-order valence-corrected chi connectivity index (χ3v) is 7.74. The number of rotatable bonds is 15. The Labute approximate surface area is 291 Å². The van der Waals surface area contributed by atoms with Crippen LogP contribution < -0.4 is 10.1 Å². The fourth-order valence-electron chi connectivity index (χ4n) is 5.26. The number of carbonyl (C=O) groups excluding carboxylic acids is 3. The molecule has 3 rings (SSSR count). The molecule has 3 aromatic rings. The van der Waals surface area contributed by atoms with Gasteiger partial charge in [0, 0.05) is 37.3 Å². The van der Waals surface area contributed by atoms with Crippen molar-refractivity contribution in [2.75, 3.05) is 27.2 Å². The monoisotopic (exact) mass is 696 g/mol. The first-order chi connectivity index (χ1) is 23.5. The highest BCUT2D eigenvalue weighted by atomic mass is 19.1. The standard InChI is InChI=1S/C37H46F2N4O7/c1-8-12-42(6)35(46)28-18-26(23(2)41-48)17-27(19-28)34(45)40-32(16-25-13-29(38)20-30(39)14-25)33(44)22-43(36(47)50-37(3,4)5)21-24-10-9-11-31(15-24)49-7/h9-11,13-15,17-20,23,32-33,44H,8,12,16,21-22H2,1-7H3,(H,40,45)/t23?,32-,33+/m0/s1. The van der Waals surface area contributed by atoms with Crippen molar-refractivity contribution in [1.82, 2.24) is 15.1 Å². The van der Waals surface area contributed by atoms with E-state index in [9.17, 15) is 33.2 Å². The Morgan fingerprint density at radius 1 is 0.980 bits per heavy atom. The Morgan fingerprint density at radius 3 is 2.24 bits per heavy atom. The lowest BCUT2D eigenvalue weighted by Gasteiger charge is -2.32. The number of methoxy groups -OCH3 is 1. The number of amides is 3. The number of hydrogen-bond donors (Lipinski definition) is 2. The van der Waals surface area contributed by atoms with Gasteiger partial charge in [-0.1, -0.05) is 24.2 Å². The van der Waals surface area contributed by atoms with Crippen molar-refractivity contribution in [2.24, 2.45) is 5.18 Å². The van der Waals surface area contributed by atoms with E-state index in [0.29, 0.717) is 35.9 Å². The second kappa shape index (κ2) is 17.7. The van der Waals surface area contributed by atoms with E-state index in [1.807, 2.05) is 6.92 Å². The number of carbonyl (C=O) groups is 3. The molecule has 0 radical (unpaired) electrons. The zero-order chi connectivity index (χ0) is 37.2. The highest BCUT2D eigenvalue weighted by Crippen LogP contribution is 2.23. The molecule has 0 saturated carbocycles. The first-order valence-electron chi connectivity index (χ1n) is 16.3. The normalized spacial score (nSPS) is 13.1. The van der Waals surface area contributed by atoms with Crippen LogP contribution in [0.15, 0.2) is 65.8 Å². The predicted octanol–water partition coefficient (Wildman–Crippen LogP) is 6.42. The summed E-state index contributed by atoms with van der Waals surface area (Å²) in [5, 5.41) is 17.4. The summed E-state index contributed by atoms with van der Waals surface area (Å²) in [4.78, 5) is 54.7. The van der Waals surface area contributed by atoms with Gasteiger partial charge in [0.2, 0.25) is 0 Å². The first-order valence-corrected chi connectivity index (χ1v) is 16.3. The van der Waals surface area contributed by atoms with Gasteiger partial charge in [-0.2, -0.15) is 4.91 Å². The molecule has 0 fully saturated rings. The van der Waals surface area contributed by atoms with Crippen molar-refractivity contribution in [2.45, 2.75) is 77.8 Å². The van der Waals surface area contributed by atoms with Crippen LogP contribution in [0.1, 0.15) is 84.5 Å². The Bertz CT molecular complexity index is 1640. The quantitative estimate of drug-likeness (QED) is 0.175. The number of nitrogens with one attached hydrogen (secondary N) is 1. The lowest BCUT2D eigenvalue weighted by molar-refractivity contribution is 0.00836. The number of aliphatic hydroxyl groups excluding tert-OH is 1. The predicted molar refractivity (Wildman–Crippen MR) is 185 cm³/mol. The van der Waals surface area contributed by atoms with Gasteiger partial charge >= 0.3 is 6.09 Å². The van der Waals surface area contributed by atoms with Gasteiger partial charge in [-0.3, -0.25) is 9.59 Å². The van der Waals surface area contributed by atoms with Crippen LogP contribution in [0.3, 0.4) is 0 Å². The molecule has 0 spiro atoms. The fraction of sp³-hybridized carbons (Fsp3) is 0.432. The summed E-state index contributed by atoms with van der Waals surface area (Å²) >= 11 is 0. The van der Waals surface area contributed by atoms with Crippen LogP contribution in [0.2, 0.25) is 0 Å². The number of nitroso groups, excluding NO2 is 1. The summed E-state index contributed by atoms with van der Waals surface area (Å²) in [6.07, 6.45) is -1.78. The molecule has 3 amide bonds. The summed E-state index contributed by atoms with van der Waals surface area (Å²) < 4.78 is 39.4. The van der Waals surface area contributed by atoms with Gasteiger partial charge in [0.05, 0.1) is 25.8 Å². The van der Waals surface area contributed by atoms with Crippen LogP contribution >= 0.6 is 0 Å². The third kappa shape index (κ3) is 11.6. The van der Waals surface area contributed by atoms with E-state index in [-0.39, 0.29) is 42.1 Å². The molecular weight excluding hydrogens is 650 g/mol. The fourth-order valence-corrected chi connectivity index (χ4v) is 5.26. The Morgan fingerprint density at radius 2 is 1.64 bits per heavy atom. The van der Waals surface area contributed by atoms with Crippen molar-refractivity contribution in [3.8, 4) is 5.75 Å². The van der Waals surface area contributed by atoms with Crippen molar-refractivity contribution in [1.29, 1.82) is 0 Å². The number of aliphatic hydroxyl groups is 1. The van der Waals surface area contributed by atoms with Crippen LogP contribution in [-0.4, -0.2) is 77.8 Å². The summed E-state index contributed by atoms with van der Waals surface area (Å²) in [7, 11) is 3.12. The third-order valence-electron chi connectivity index (χ3n) is 7.74. The molecule has 50 heavy (non-hydrogen) atoms. The molecule has 2 N–H and O–H groups in total. The van der Waals surface area contributed by atoms with Gasteiger partial charge in [0.25, 0.3) is 11.8 Å². The van der Waals surface area contributed by atoms with E-state index in [2.05, 4.69) is 10.5 Å². The molecule has 0 aliphatic carbocycles. The summed E-state index contributed by atoms with van der Waals surface area (Å²) in [6, 6.07) is 12.0. The summed E-state index contributed by atoms with van der Waals surface area (Å²) in [5.41, 5.74) is 0.384. The molecular formula is C37H46F2N4O7. The van der Waals surface area contributed by atoms with Crippen LogP contribution in [-0.2, 0) is 17.7 Å². The zero-order valence-electron chi connectivity index (χ0n) is 29.5. The maximum Gasteiger partial charge on any atom is 0.410 e. The number of halogens is 2. The number of hydrogen-bond acceptors (Lipinski definition) is 8. The number of ether oxygens (including phenoxy) is 2. The Balaban J connectivity index is 2.03. The van der Waals surface area contributed by atoms with Crippen LogP contribution in [0, 0.1) is 16.5 Å². The van der Waals surface area contributed by atoms with Gasteiger partial charge in [0.15, 0.2) is 0 Å². The second-order valence-electron chi connectivity index (χ2n) is 13.2. The molecule has 0 aromatic heterocycles. The maximum absolute atomic E-state index is 14.2. The maximum atomic E-state index is 14.2. The molecule has 11 nitrogen and oxygen atoms in total. The van der Waals surface area contributed by atoms with Crippen molar-refractivity contribution in [3.63, 3.8) is 0 Å². The van der Waals surface area contributed by atoms with Crippen LogP contribution in [0.5, 0.6) is 5.75 Å². The average molecular weight is 697 g/mol. The molecule has 0 heterocycles. The highest BCUT2D eigenvalue weighted by molar-refractivity contribution is 6.00. The Kier molecular flexibility index (Phi) is 14.0. The molecule has 3 aromatic carbocycles. The second-order valence-corrected chi connectivity index (χ2v) is 13.2. The van der Waals surface area contributed by atoms with Crippen LogP contribution in [0.25, 0.3) is 0 Å². The smallest absolute Gasteiger partial charge is 0.410 e. The van der Waals surface area contributed by atoms with Gasteiger partial charge in [-0.25, -0.2) is 13.6 Å². The first kappa shape index (κ1) is 39.5. The molecule has 0 aliphatic heterocycles. The molecule has 0 aliphatic rings. The molecule has 3 atom stereocenters. The SMILES string of the molecule is CCCN(C)C(=O)c1cc(C(=O)N[C@@H](Cc2cc(F)cc(F)c2)[C@H](O)CN(Cc2cccc(OC)c2)C(=O)OC(C)(C)C)cc(C(C)N=O)c1. The largest absolute Gasteiger partial charge is 0.497 e. The van der Waals surface area contributed by atoms with E-state index in [0.717, 1.165) is 12.1 Å². The molecule has 0 saturated heterocycles. The van der Waals surface area contributed by atoms with Gasteiger partial charge < -0.3 is 29.7 Å². The minimum absolute atomic E-state index is 0.00532. The summed E-state index contributed by atoms with van der Waals surface area (Å²) in [5.74, 6) is -2.27. The average Bonchev–Trinajstić information content (AvgIpc) is 3.05. The molecule has 270 valence electrons. The minimum Gasteiger partial charge on any atom is -0.497 e. The van der Waals surface area contributed by atoms with Crippen molar-refractivity contribution in [3.05, 3.63) is 105 Å². The molecule has 13 heteroatoms. The number of nitrogens with zero attached hydrogens (tertiary/aromatic N) is 3. The molecule has 1 unspecified atom stereocenters. The van der Waals surface area contributed by atoms with E-state index in [1.54, 1.807) is 52.1 Å². The van der Waals surface area contributed by atoms with Crippen molar-refractivity contribution >= 4 is 17.9 Å². The van der Waals surface area contributed by atoms with Crippen molar-refractivity contribution < 1.29 is 37.7 Å². The zero-order valence-corrected chi connectivity index (χ0v) is 29.5. The van der Waals surface area contributed by atoms with E-state index in [4.69, 9.17) is 9.47 Å².